The van der Waals surface area contributed by atoms with E-state index in [1.54, 1.807) is 0 Å². The van der Waals surface area contributed by atoms with Crippen molar-refractivity contribution in [2.45, 2.75) is 71.7 Å². The summed E-state index contributed by atoms with van der Waals surface area (Å²) in [6, 6.07) is -0.920. The molecule has 0 unspecified atom stereocenters. The molecule has 1 saturated heterocycles. The predicted molar refractivity (Wildman–Crippen MR) is 90.2 cm³/mol. The van der Waals surface area contributed by atoms with E-state index in [4.69, 9.17) is 23.7 Å². The minimum absolute atomic E-state index is 0.246. The molecule has 0 saturated carbocycles. The van der Waals surface area contributed by atoms with Crippen LogP contribution in [0.1, 0.15) is 41.0 Å². The van der Waals surface area contributed by atoms with Gasteiger partial charge in [-0.05, 0) is 6.42 Å². The van der Waals surface area contributed by atoms with Gasteiger partial charge in [0.1, 0.15) is 18.8 Å². The molecule has 1 aliphatic rings. The van der Waals surface area contributed by atoms with Crippen molar-refractivity contribution in [3.05, 3.63) is 0 Å². The van der Waals surface area contributed by atoms with Crippen LogP contribution in [0.15, 0.2) is 0 Å². The van der Waals surface area contributed by atoms with Crippen molar-refractivity contribution in [1.82, 2.24) is 5.32 Å². The van der Waals surface area contributed by atoms with E-state index in [0.717, 1.165) is 0 Å². The Morgan fingerprint density at radius 1 is 0.926 bits per heavy atom. The molecule has 10 nitrogen and oxygen atoms in total. The molecular weight excluding hydrogens is 362 g/mol. The summed E-state index contributed by atoms with van der Waals surface area (Å²) in [4.78, 5) is 46.0. The average Bonchev–Trinajstić information content (AvgIpc) is 2.54. The highest BCUT2D eigenvalue weighted by Gasteiger charge is 2.51. The lowest BCUT2D eigenvalue weighted by molar-refractivity contribution is -0.277. The highest BCUT2D eigenvalue weighted by atomic mass is 16.7. The number of nitrogens with one attached hydrogen (secondary N) is 1. The lowest BCUT2D eigenvalue weighted by Crippen LogP contribution is -2.66. The molecule has 1 N–H and O–H groups in total. The summed E-state index contributed by atoms with van der Waals surface area (Å²) >= 11 is 0. The Bertz CT molecular complexity index is 551. The normalized spacial score (nSPS) is 27.4. The summed E-state index contributed by atoms with van der Waals surface area (Å²) in [6.45, 7) is 6.83. The van der Waals surface area contributed by atoms with Crippen molar-refractivity contribution < 1.29 is 42.9 Å². The van der Waals surface area contributed by atoms with Gasteiger partial charge in [-0.2, -0.15) is 0 Å². The molecule has 0 aromatic heterocycles. The Hall–Kier alpha value is -2.20. The van der Waals surface area contributed by atoms with Gasteiger partial charge in [-0.15, -0.1) is 0 Å². The minimum atomic E-state index is -1.11. The first-order valence-corrected chi connectivity index (χ1v) is 8.67. The summed E-state index contributed by atoms with van der Waals surface area (Å²) in [7, 11) is 0. The predicted octanol–water partition coefficient (Wildman–Crippen LogP) is 0.0691. The van der Waals surface area contributed by atoms with E-state index in [1.807, 2.05) is 6.92 Å². The standard InChI is InChI=1S/C17H27NO9/c1-6-7-23-17-14(18-9(2)19)16(26-12(5)22)15(25-11(4)21)13(27-17)8-24-10(3)20/h13-17H,6-8H2,1-5H3,(H,18,19)/t13-,14-,15+,16-,17-/m1/s1. The number of carbonyl (C=O) groups excluding carboxylic acids is 4. The van der Waals surface area contributed by atoms with Crippen LogP contribution in [0.5, 0.6) is 0 Å². The fourth-order valence-electron chi connectivity index (χ4n) is 2.67. The van der Waals surface area contributed by atoms with Gasteiger partial charge in [0.2, 0.25) is 5.91 Å². The quantitative estimate of drug-likeness (QED) is 0.453. The van der Waals surface area contributed by atoms with Crippen molar-refractivity contribution in [2.75, 3.05) is 13.2 Å². The molecule has 0 aliphatic carbocycles. The van der Waals surface area contributed by atoms with Crippen LogP contribution in [0, 0.1) is 0 Å². The first-order chi connectivity index (χ1) is 12.6. The maximum absolute atomic E-state index is 11.6. The van der Waals surface area contributed by atoms with Gasteiger partial charge >= 0.3 is 17.9 Å². The van der Waals surface area contributed by atoms with Gasteiger partial charge in [-0.1, -0.05) is 6.92 Å². The van der Waals surface area contributed by atoms with Crippen molar-refractivity contribution in [2.24, 2.45) is 0 Å². The van der Waals surface area contributed by atoms with Gasteiger partial charge < -0.3 is 29.0 Å². The number of amides is 1. The number of ether oxygens (including phenoxy) is 5. The maximum Gasteiger partial charge on any atom is 0.303 e. The van der Waals surface area contributed by atoms with Gasteiger partial charge in [0, 0.05) is 34.3 Å². The summed E-state index contributed by atoms with van der Waals surface area (Å²) in [5.41, 5.74) is 0. The zero-order valence-corrected chi connectivity index (χ0v) is 16.2. The van der Waals surface area contributed by atoms with Gasteiger partial charge in [0.05, 0.1) is 0 Å². The molecule has 0 aromatic rings. The van der Waals surface area contributed by atoms with E-state index in [2.05, 4.69) is 5.32 Å². The van der Waals surface area contributed by atoms with Crippen molar-refractivity contribution in [3.63, 3.8) is 0 Å². The highest BCUT2D eigenvalue weighted by Crippen LogP contribution is 2.28. The zero-order valence-electron chi connectivity index (χ0n) is 16.2. The molecule has 10 heteroatoms. The topological polar surface area (TPSA) is 126 Å². The number of rotatable bonds is 8. The number of carbonyl (C=O) groups is 4. The summed E-state index contributed by atoms with van der Waals surface area (Å²) in [6.07, 6.45) is -3.47. The lowest BCUT2D eigenvalue weighted by atomic mass is 9.96. The third-order valence-electron chi connectivity index (χ3n) is 3.56. The fourth-order valence-corrected chi connectivity index (χ4v) is 2.67. The van der Waals surface area contributed by atoms with Gasteiger partial charge in [-0.25, -0.2) is 0 Å². The average molecular weight is 389 g/mol. The van der Waals surface area contributed by atoms with Crippen LogP contribution >= 0.6 is 0 Å². The molecule has 0 spiro atoms. The Balaban J connectivity index is 3.22. The smallest absolute Gasteiger partial charge is 0.303 e. The van der Waals surface area contributed by atoms with Gasteiger partial charge in [-0.3, -0.25) is 19.2 Å². The molecule has 1 rings (SSSR count). The zero-order chi connectivity index (χ0) is 20.6. The van der Waals surface area contributed by atoms with E-state index in [-0.39, 0.29) is 6.61 Å². The molecule has 154 valence electrons. The van der Waals surface area contributed by atoms with E-state index >= 15 is 0 Å². The Kier molecular flexibility index (Phi) is 9.16. The third kappa shape index (κ3) is 7.51. The molecule has 0 aromatic carbocycles. The van der Waals surface area contributed by atoms with Crippen LogP contribution in [-0.2, 0) is 42.9 Å². The summed E-state index contributed by atoms with van der Waals surface area (Å²) in [5, 5.41) is 2.62. The molecule has 1 amide bonds. The molecule has 0 radical (unpaired) electrons. The van der Waals surface area contributed by atoms with E-state index in [1.165, 1.54) is 27.7 Å². The first-order valence-electron chi connectivity index (χ1n) is 8.67. The fraction of sp³-hybridized carbons (Fsp3) is 0.765. The SMILES string of the molecule is CCCO[C@@H]1O[C@H](COC(C)=O)[C@H](OC(C)=O)[C@H](OC(C)=O)[C@H]1NC(C)=O. The van der Waals surface area contributed by atoms with Gasteiger partial charge in [0.15, 0.2) is 18.5 Å². The molecule has 1 aliphatic heterocycles. The summed E-state index contributed by atoms with van der Waals surface area (Å²) in [5.74, 6) is -2.26. The molecule has 0 bridgehead atoms. The van der Waals surface area contributed by atoms with Crippen LogP contribution in [-0.4, -0.2) is 67.7 Å². The second-order valence-corrected chi connectivity index (χ2v) is 6.09. The highest BCUT2D eigenvalue weighted by molar-refractivity contribution is 5.73. The molecule has 5 atom stereocenters. The molecule has 1 fully saturated rings. The Labute approximate surface area is 157 Å². The van der Waals surface area contributed by atoms with Crippen molar-refractivity contribution in [1.29, 1.82) is 0 Å². The number of esters is 3. The summed E-state index contributed by atoms with van der Waals surface area (Å²) < 4.78 is 27.0. The van der Waals surface area contributed by atoms with Crippen LogP contribution in [0.3, 0.4) is 0 Å². The largest absolute Gasteiger partial charge is 0.463 e. The maximum atomic E-state index is 11.6. The van der Waals surface area contributed by atoms with Crippen LogP contribution in [0.25, 0.3) is 0 Å². The number of hydrogen-bond donors (Lipinski definition) is 1. The second kappa shape index (κ2) is 10.8. The van der Waals surface area contributed by atoms with E-state index in [9.17, 15) is 19.2 Å². The Morgan fingerprint density at radius 3 is 2.00 bits per heavy atom. The van der Waals surface area contributed by atoms with Crippen molar-refractivity contribution >= 4 is 23.8 Å². The van der Waals surface area contributed by atoms with Crippen LogP contribution < -0.4 is 5.32 Å². The Morgan fingerprint density at radius 2 is 1.52 bits per heavy atom. The number of hydrogen-bond acceptors (Lipinski definition) is 9. The molecule has 27 heavy (non-hydrogen) atoms. The molecule has 1 heterocycles. The first kappa shape index (κ1) is 22.8. The minimum Gasteiger partial charge on any atom is -0.463 e. The monoisotopic (exact) mass is 389 g/mol. The lowest BCUT2D eigenvalue weighted by Gasteiger charge is -2.44. The van der Waals surface area contributed by atoms with Crippen molar-refractivity contribution in [3.8, 4) is 0 Å². The second-order valence-electron chi connectivity index (χ2n) is 6.09. The molecular formula is C17H27NO9. The third-order valence-corrected chi connectivity index (χ3v) is 3.56. The van der Waals surface area contributed by atoms with Crippen LogP contribution in [0.4, 0.5) is 0 Å². The van der Waals surface area contributed by atoms with E-state index < -0.39 is 54.5 Å². The van der Waals surface area contributed by atoms with Crippen LogP contribution in [0.2, 0.25) is 0 Å². The van der Waals surface area contributed by atoms with Gasteiger partial charge in [0.25, 0.3) is 0 Å². The van der Waals surface area contributed by atoms with E-state index in [0.29, 0.717) is 13.0 Å².